The van der Waals surface area contributed by atoms with Gasteiger partial charge in [0.15, 0.2) is 5.13 Å². The van der Waals surface area contributed by atoms with Gasteiger partial charge in [0, 0.05) is 34.3 Å². The third kappa shape index (κ3) is 5.23. The first-order chi connectivity index (χ1) is 14.8. The van der Waals surface area contributed by atoms with Crippen molar-refractivity contribution in [2.24, 2.45) is 5.41 Å². The number of alkyl halides is 3. The van der Waals surface area contributed by atoms with E-state index in [4.69, 9.17) is 5.11 Å². The Bertz CT molecular complexity index is 945. The van der Waals surface area contributed by atoms with Crippen molar-refractivity contribution in [3.63, 3.8) is 0 Å². The van der Waals surface area contributed by atoms with Crippen molar-refractivity contribution in [1.29, 1.82) is 0 Å². The van der Waals surface area contributed by atoms with Crippen molar-refractivity contribution in [2.75, 3.05) is 13.1 Å². The Morgan fingerprint density at radius 2 is 2.03 bits per heavy atom. The molecule has 0 unspecified atom stereocenters. The standard InChI is InChI=1S/C22H27F4N3O2S/c1-14-4-5-15(12-27-14)20(2,3)29-11-10-21(13-29,9-8-16-6-7-17(23)32-16)18(22(24,25)26)28-19(30)31/h4-7,12,18,28H,8-11,13H2,1-3H3,(H,30,31)/t18-,21+/m0/s1. The second kappa shape index (κ2) is 8.97. The lowest BCUT2D eigenvalue weighted by molar-refractivity contribution is -0.182. The molecule has 5 nitrogen and oxygen atoms in total. The minimum absolute atomic E-state index is 0.0478. The molecular formula is C22H27F4N3O2S. The number of hydrogen-bond acceptors (Lipinski definition) is 4. The van der Waals surface area contributed by atoms with Gasteiger partial charge in [-0.3, -0.25) is 9.88 Å². The van der Waals surface area contributed by atoms with Crippen LogP contribution in [-0.4, -0.2) is 46.4 Å². The highest BCUT2D eigenvalue weighted by Crippen LogP contribution is 2.47. The van der Waals surface area contributed by atoms with Gasteiger partial charge >= 0.3 is 12.3 Å². The minimum atomic E-state index is -4.76. The van der Waals surface area contributed by atoms with E-state index in [9.17, 15) is 22.4 Å². The van der Waals surface area contributed by atoms with Crippen LogP contribution in [0.25, 0.3) is 0 Å². The molecular weight excluding hydrogens is 446 g/mol. The number of amides is 1. The van der Waals surface area contributed by atoms with Gasteiger partial charge in [-0.25, -0.2) is 4.79 Å². The average Bonchev–Trinajstić information content (AvgIpc) is 3.31. The summed E-state index contributed by atoms with van der Waals surface area (Å²) in [4.78, 5) is 18.2. The van der Waals surface area contributed by atoms with Crippen molar-refractivity contribution in [2.45, 2.75) is 57.8 Å². The van der Waals surface area contributed by atoms with Crippen LogP contribution in [-0.2, 0) is 12.0 Å². The number of carbonyl (C=O) groups is 1. The highest BCUT2D eigenvalue weighted by molar-refractivity contribution is 7.10. The van der Waals surface area contributed by atoms with Crippen molar-refractivity contribution >= 4 is 17.4 Å². The lowest BCUT2D eigenvalue weighted by Gasteiger charge is -2.41. The fourth-order valence-corrected chi connectivity index (χ4v) is 5.26. The molecule has 0 aromatic carbocycles. The smallest absolute Gasteiger partial charge is 0.409 e. The average molecular weight is 474 g/mol. The number of halogens is 4. The van der Waals surface area contributed by atoms with Gasteiger partial charge in [-0.2, -0.15) is 17.6 Å². The third-order valence-corrected chi connectivity index (χ3v) is 7.43. The van der Waals surface area contributed by atoms with Gasteiger partial charge in [0.25, 0.3) is 0 Å². The van der Waals surface area contributed by atoms with E-state index >= 15 is 0 Å². The van der Waals surface area contributed by atoms with Crippen molar-refractivity contribution < 1.29 is 27.5 Å². The SMILES string of the molecule is Cc1ccc(C(C)(C)N2CC[C@@](CCc3ccc(F)s3)([C@H](NC(=O)O)C(F)(F)F)C2)cn1. The molecule has 1 fully saturated rings. The molecule has 0 bridgehead atoms. The summed E-state index contributed by atoms with van der Waals surface area (Å²) in [5.41, 5.74) is -0.274. The van der Waals surface area contributed by atoms with Gasteiger partial charge in [-0.15, -0.1) is 11.3 Å². The maximum absolute atomic E-state index is 14.1. The first-order valence-corrected chi connectivity index (χ1v) is 11.1. The van der Waals surface area contributed by atoms with Crippen LogP contribution >= 0.6 is 11.3 Å². The van der Waals surface area contributed by atoms with Gasteiger partial charge in [0.05, 0.1) is 0 Å². The summed E-state index contributed by atoms with van der Waals surface area (Å²) in [6.07, 6.45) is -4.27. The Balaban J connectivity index is 1.93. The van der Waals surface area contributed by atoms with Crippen LogP contribution in [0.1, 0.15) is 42.8 Å². The number of aromatic nitrogens is 1. The molecule has 0 radical (unpaired) electrons. The molecule has 3 rings (SSSR count). The maximum atomic E-state index is 14.1. The molecule has 0 spiro atoms. The fourth-order valence-electron chi connectivity index (χ4n) is 4.53. The lowest BCUT2D eigenvalue weighted by Crippen LogP contribution is -2.57. The number of thiophene rings is 1. The summed E-state index contributed by atoms with van der Waals surface area (Å²) in [5.74, 6) is 0. The number of pyridine rings is 1. The fraction of sp³-hybridized carbons (Fsp3) is 0.545. The van der Waals surface area contributed by atoms with Gasteiger partial charge in [-0.05, 0) is 70.3 Å². The van der Waals surface area contributed by atoms with E-state index in [1.807, 2.05) is 37.8 Å². The molecule has 32 heavy (non-hydrogen) atoms. The van der Waals surface area contributed by atoms with Gasteiger partial charge in [0.1, 0.15) is 6.04 Å². The Kier molecular flexibility index (Phi) is 6.86. The summed E-state index contributed by atoms with van der Waals surface area (Å²) >= 11 is 0.901. The molecule has 1 aliphatic rings. The summed E-state index contributed by atoms with van der Waals surface area (Å²) in [5, 5.41) is 10.5. The van der Waals surface area contributed by atoms with Crippen LogP contribution in [0.3, 0.4) is 0 Å². The summed E-state index contributed by atoms with van der Waals surface area (Å²) in [6.45, 7) is 6.13. The number of nitrogens with zero attached hydrogens (tertiary/aromatic N) is 2. The van der Waals surface area contributed by atoms with Crippen LogP contribution in [0.5, 0.6) is 0 Å². The van der Waals surface area contributed by atoms with Crippen molar-refractivity contribution in [1.82, 2.24) is 15.2 Å². The second-order valence-electron chi connectivity index (χ2n) is 8.91. The highest BCUT2D eigenvalue weighted by Gasteiger charge is 2.57. The zero-order valence-electron chi connectivity index (χ0n) is 18.2. The highest BCUT2D eigenvalue weighted by atomic mass is 32.1. The van der Waals surface area contributed by atoms with Crippen LogP contribution in [0.4, 0.5) is 22.4 Å². The number of carboxylic acid groups (broad SMARTS) is 1. The topological polar surface area (TPSA) is 65.5 Å². The summed E-state index contributed by atoms with van der Waals surface area (Å²) in [6, 6.07) is 4.39. The molecule has 2 atom stereocenters. The van der Waals surface area contributed by atoms with Crippen molar-refractivity contribution in [3.8, 4) is 0 Å². The Morgan fingerprint density at radius 3 is 2.56 bits per heavy atom. The number of aryl methyl sites for hydroxylation is 2. The first kappa shape index (κ1) is 24.4. The van der Waals surface area contributed by atoms with E-state index in [0.717, 1.165) is 22.6 Å². The second-order valence-corrected chi connectivity index (χ2v) is 10.0. The minimum Gasteiger partial charge on any atom is -0.465 e. The Hall–Kier alpha value is -2.20. The Morgan fingerprint density at radius 1 is 1.31 bits per heavy atom. The molecule has 10 heteroatoms. The van der Waals surface area contributed by atoms with Gasteiger partial charge in [0.2, 0.25) is 0 Å². The monoisotopic (exact) mass is 473 g/mol. The molecule has 176 valence electrons. The predicted molar refractivity (Wildman–Crippen MR) is 114 cm³/mol. The first-order valence-electron chi connectivity index (χ1n) is 10.3. The molecule has 2 aromatic heterocycles. The molecule has 1 aliphatic heterocycles. The zero-order valence-corrected chi connectivity index (χ0v) is 19.0. The van der Waals surface area contributed by atoms with E-state index < -0.39 is 34.4 Å². The molecule has 1 amide bonds. The molecule has 3 heterocycles. The third-order valence-electron chi connectivity index (χ3n) is 6.50. The maximum Gasteiger partial charge on any atom is 0.409 e. The lowest BCUT2D eigenvalue weighted by atomic mass is 9.74. The normalized spacial score (nSPS) is 21.0. The molecule has 0 aliphatic carbocycles. The largest absolute Gasteiger partial charge is 0.465 e. The van der Waals surface area contributed by atoms with E-state index in [2.05, 4.69) is 4.98 Å². The number of rotatable bonds is 7. The van der Waals surface area contributed by atoms with E-state index in [0.29, 0.717) is 11.4 Å². The summed E-state index contributed by atoms with van der Waals surface area (Å²) in [7, 11) is 0. The van der Waals surface area contributed by atoms with Crippen LogP contribution < -0.4 is 5.32 Å². The molecule has 2 aromatic rings. The van der Waals surface area contributed by atoms with E-state index in [1.54, 1.807) is 17.6 Å². The number of nitrogens with one attached hydrogen (secondary N) is 1. The number of likely N-dealkylation sites (tertiary alicyclic amines) is 1. The van der Waals surface area contributed by atoms with Gasteiger partial charge < -0.3 is 10.4 Å². The van der Waals surface area contributed by atoms with Gasteiger partial charge in [-0.1, -0.05) is 6.07 Å². The van der Waals surface area contributed by atoms with Crippen LogP contribution in [0, 0.1) is 17.5 Å². The van der Waals surface area contributed by atoms with Crippen LogP contribution in [0.2, 0.25) is 0 Å². The number of hydrogen-bond donors (Lipinski definition) is 2. The Labute approximate surface area is 188 Å². The van der Waals surface area contributed by atoms with Crippen molar-refractivity contribution in [3.05, 3.63) is 51.7 Å². The molecule has 0 saturated carbocycles. The predicted octanol–water partition coefficient (Wildman–Crippen LogP) is 5.35. The van der Waals surface area contributed by atoms with Crippen LogP contribution in [0.15, 0.2) is 30.5 Å². The molecule has 2 N–H and O–H groups in total. The van der Waals surface area contributed by atoms with E-state index in [-0.39, 0.29) is 25.8 Å². The molecule has 1 saturated heterocycles. The quantitative estimate of drug-likeness (QED) is 0.532. The zero-order chi connectivity index (χ0) is 23.7. The summed E-state index contributed by atoms with van der Waals surface area (Å²) < 4.78 is 55.7. The van der Waals surface area contributed by atoms with E-state index in [1.165, 1.54) is 6.07 Å².